The third-order valence-electron chi connectivity index (χ3n) is 2.82. The molecule has 1 unspecified atom stereocenters. The molecule has 7 heteroatoms. The SMILES string of the molecule is CC(Nc1nc(N)ns1)C(=O)N1CCCCC1. The van der Waals surface area contributed by atoms with Crippen molar-refractivity contribution in [3.63, 3.8) is 0 Å². The molecule has 0 radical (unpaired) electrons. The van der Waals surface area contributed by atoms with Crippen molar-refractivity contribution in [3.8, 4) is 0 Å². The summed E-state index contributed by atoms with van der Waals surface area (Å²) in [6.45, 7) is 3.57. The molecule has 3 N–H and O–H groups in total. The fraction of sp³-hybridized carbons (Fsp3) is 0.700. The number of nitrogen functional groups attached to an aromatic ring is 1. The van der Waals surface area contributed by atoms with Gasteiger partial charge < -0.3 is 16.0 Å². The molecule has 1 atom stereocenters. The minimum Gasteiger partial charge on any atom is -0.367 e. The lowest BCUT2D eigenvalue weighted by Crippen LogP contribution is -2.43. The first-order valence-corrected chi connectivity index (χ1v) is 6.58. The van der Waals surface area contributed by atoms with E-state index >= 15 is 0 Å². The summed E-state index contributed by atoms with van der Waals surface area (Å²) in [5.41, 5.74) is 5.43. The highest BCUT2D eigenvalue weighted by Gasteiger charge is 2.22. The minimum atomic E-state index is -0.277. The molecular formula is C10H17N5OS. The summed E-state index contributed by atoms with van der Waals surface area (Å²) in [5, 5.41) is 3.63. The number of nitrogens with one attached hydrogen (secondary N) is 1. The van der Waals surface area contributed by atoms with Crippen molar-refractivity contribution >= 4 is 28.5 Å². The van der Waals surface area contributed by atoms with E-state index in [0.717, 1.165) is 25.9 Å². The first-order valence-electron chi connectivity index (χ1n) is 5.81. The minimum absolute atomic E-state index is 0.124. The van der Waals surface area contributed by atoms with Crippen LogP contribution < -0.4 is 11.1 Å². The molecule has 1 aromatic heterocycles. The Bertz CT molecular complexity index is 388. The monoisotopic (exact) mass is 255 g/mol. The Hall–Kier alpha value is -1.37. The van der Waals surface area contributed by atoms with Gasteiger partial charge in [-0.15, -0.1) is 0 Å². The Labute approximate surface area is 104 Å². The van der Waals surface area contributed by atoms with Gasteiger partial charge in [-0.1, -0.05) is 0 Å². The summed E-state index contributed by atoms with van der Waals surface area (Å²) < 4.78 is 3.86. The lowest BCUT2D eigenvalue weighted by Gasteiger charge is -2.29. The summed E-state index contributed by atoms with van der Waals surface area (Å²) in [6.07, 6.45) is 3.42. The van der Waals surface area contributed by atoms with Gasteiger partial charge in [0.2, 0.25) is 17.0 Å². The molecule has 1 aliphatic rings. The molecule has 1 saturated heterocycles. The standard InChI is InChI=1S/C10H17N5OS/c1-7(12-10-13-9(11)14-17-10)8(16)15-5-3-2-4-6-15/h7H,2-6H2,1H3,(H3,11,12,13,14). The normalized spacial score (nSPS) is 17.8. The number of hydrogen-bond acceptors (Lipinski definition) is 6. The van der Waals surface area contributed by atoms with Crippen LogP contribution in [0.15, 0.2) is 0 Å². The van der Waals surface area contributed by atoms with Gasteiger partial charge in [-0.05, 0) is 26.2 Å². The highest BCUT2D eigenvalue weighted by atomic mass is 32.1. The van der Waals surface area contributed by atoms with E-state index in [4.69, 9.17) is 5.73 Å². The van der Waals surface area contributed by atoms with Gasteiger partial charge in [-0.2, -0.15) is 9.36 Å². The van der Waals surface area contributed by atoms with Crippen LogP contribution in [0, 0.1) is 0 Å². The molecular weight excluding hydrogens is 238 g/mol. The molecule has 1 aromatic rings. The molecule has 1 amide bonds. The topological polar surface area (TPSA) is 84.1 Å². The number of aromatic nitrogens is 2. The van der Waals surface area contributed by atoms with Gasteiger partial charge in [-0.3, -0.25) is 4.79 Å². The van der Waals surface area contributed by atoms with Crippen LogP contribution in [-0.2, 0) is 4.79 Å². The Morgan fingerprint density at radius 3 is 2.76 bits per heavy atom. The third-order valence-corrected chi connectivity index (χ3v) is 3.48. The van der Waals surface area contributed by atoms with Crippen molar-refractivity contribution in [2.45, 2.75) is 32.2 Å². The van der Waals surface area contributed by atoms with Crippen LogP contribution in [0.1, 0.15) is 26.2 Å². The second kappa shape index (κ2) is 5.31. The van der Waals surface area contributed by atoms with E-state index in [9.17, 15) is 4.79 Å². The number of nitrogens with zero attached hydrogens (tertiary/aromatic N) is 3. The number of rotatable bonds is 3. The van der Waals surface area contributed by atoms with E-state index in [2.05, 4.69) is 14.7 Å². The Kier molecular flexibility index (Phi) is 3.78. The summed E-state index contributed by atoms with van der Waals surface area (Å²) in [7, 11) is 0. The van der Waals surface area contributed by atoms with Gasteiger partial charge in [0.25, 0.3) is 0 Å². The van der Waals surface area contributed by atoms with Crippen molar-refractivity contribution in [1.29, 1.82) is 0 Å². The first-order chi connectivity index (χ1) is 8.16. The Morgan fingerprint density at radius 2 is 2.18 bits per heavy atom. The third kappa shape index (κ3) is 3.06. The number of amides is 1. The molecule has 2 rings (SSSR count). The quantitative estimate of drug-likeness (QED) is 0.839. The largest absolute Gasteiger partial charge is 0.367 e. The number of nitrogens with two attached hydrogens (primary N) is 1. The zero-order valence-electron chi connectivity index (χ0n) is 9.85. The maximum Gasteiger partial charge on any atom is 0.244 e. The van der Waals surface area contributed by atoms with Gasteiger partial charge in [0.1, 0.15) is 6.04 Å². The van der Waals surface area contributed by atoms with Crippen LogP contribution in [-0.4, -0.2) is 39.3 Å². The van der Waals surface area contributed by atoms with Gasteiger partial charge in [-0.25, -0.2) is 0 Å². The van der Waals surface area contributed by atoms with Crippen LogP contribution in [0.2, 0.25) is 0 Å². The summed E-state index contributed by atoms with van der Waals surface area (Å²) in [4.78, 5) is 18.0. The number of anilines is 2. The number of carbonyl (C=O) groups is 1. The number of likely N-dealkylation sites (tertiary alicyclic amines) is 1. The molecule has 0 aliphatic carbocycles. The molecule has 1 aliphatic heterocycles. The van der Waals surface area contributed by atoms with Gasteiger partial charge in [0.05, 0.1) is 0 Å². The summed E-state index contributed by atoms with van der Waals surface area (Å²) >= 11 is 1.17. The van der Waals surface area contributed by atoms with Gasteiger partial charge >= 0.3 is 0 Å². The average Bonchev–Trinajstić information content (AvgIpc) is 2.75. The van der Waals surface area contributed by atoms with Crippen LogP contribution in [0.3, 0.4) is 0 Å². The number of piperidine rings is 1. The van der Waals surface area contributed by atoms with E-state index in [1.54, 1.807) is 0 Å². The highest BCUT2D eigenvalue weighted by molar-refractivity contribution is 7.09. The smallest absolute Gasteiger partial charge is 0.244 e. The molecule has 2 heterocycles. The number of carbonyl (C=O) groups excluding carboxylic acids is 1. The predicted molar refractivity (Wildman–Crippen MR) is 67.8 cm³/mol. The lowest BCUT2D eigenvalue weighted by atomic mass is 10.1. The predicted octanol–water partition coefficient (Wildman–Crippen LogP) is 0.933. The van der Waals surface area contributed by atoms with Crippen molar-refractivity contribution in [2.24, 2.45) is 0 Å². The van der Waals surface area contributed by atoms with Crippen LogP contribution in [0.5, 0.6) is 0 Å². The van der Waals surface area contributed by atoms with Crippen molar-refractivity contribution in [3.05, 3.63) is 0 Å². The maximum atomic E-state index is 12.1. The fourth-order valence-electron chi connectivity index (χ4n) is 1.93. The molecule has 94 valence electrons. The van der Waals surface area contributed by atoms with Crippen LogP contribution >= 0.6 is 11.5 Å². The van der Waals surface area contributed by atoms with Crippen molar-refractivity contribution in [2.75, 3.05) is 24.1 Å². The van der Waals surface area contributed by atoms with Gasteiger partial charge in [0.15, 0.2) is 0 Å². The summed E-state index contributed by atoms with van der Waals surface area (Å²) in [6, 6.07) is -0.277. The van der Waals surface area contributed by atoms with E-state index in [-0.39, 0.29) is 17.9 Å². The van der Waals surface area contributed by atoms with E-state index in [1.807, 2.05) is 11.8 Å². The maximum absolute atomic E-state index is 12.1. The van der Waals surface area contributed by atoms with E-state index in [0.29, 0.717) is 5.13 Å². The molecule has 0 bridgehead atoms. The lowest BCUT2D eigenvalue weighted by molar-refractivity contribution is -0.132. The molecule has 0 spiro atoms. The number of hydrogen-bond donors (Lipinski definition) is 2. The van der Waals surface area contributed by atoms with Crippen LogP contribution in [0.4, 0.5) is 11.1 Å². The summed E-state index contributed by atoms with van der Waals surface area (Å²) in [5.74, 6) is 0.369. The average molecular weight is 255 g/mol. The van der Waals surface area contributed by atoms with E-state index < -0.39 is 0 Å². The van der Waals surface area contributed by atoms with E-state index in [1.165, 1.54) is 18.0 Å². The van der Waals surface area contributed by atoms with Crippen LogP contribution in [0.25, 0.3) is 0 Å². The molecule has 6 nitrogen and oxygen atoms in total. The second-order valence-corrected chi connectivity index (χ2v) is 4.96. The zero-order valence-corrected chi connectivity index (χ0v) is 10.7. The molecule has 0 aromatic carbocycles. The molecule has 17 heavy (non-hydrogen) atoms. The fourth-order valence-corrected chi connectivity index (χ4v) is 2.51. The van der Waals surface area contributed by atoms with Crippen molar-refractivity contribution < 1.29 is 4.79 Å². The van der Waals surface area contributed by atoms with Crippen molar-refractivity contribution in [1.82, 2.24) is 14.3 Å². The second-order valence-electron chi connectivity index (χ2n) is 4.21. The first kappa shape index (κ1) is 12.1. The zero-order chi connectivity index (χ0) is 12.3. The van der Waals surface area contributed by atoms with Gasteiger partial charge in [0, 0.05) is 24.6 Å². The Balaban J connectivity index is 1.90. The molecule has 0 saturated carbocycles. The molecule has 1 fully saturated rings. The Morgan fingerprint density at radius 1 is 1.47 bits per heavy atom. The highest BCUT2D eigenvalue weighted by Crippen LogP contribution is 2.15.